The van der Waals surface area contributed by atoms with E-state index in [1.165, 1.54) is 4.57 Å². The van der Waals surface area contributed by atoms with Crippen LogP contribution in [0, 0.1) is 5.92 Å². The zero-order valence-corrected chi connectivity index (χ0v) is 18.9. The molecule has 172 valence electrons. The molecule has 0 spiro atoms. The number of rotatable bonds is 8. The van der Waals surface area contributed by atoms with E-state index in [-0.39, 0.29) is 28.8 Å². The average Bonchev–Trinajstić information content (AvgIpc) is 3.72. The van der Waals surface area contributed by atoms with Gasteiger partial charge in [0.05, 0.1) is 24.1 Å². The number of methoxy groups -OCH3 is 1. The Hall–Kier alpha value is -3.42. The third-order valence-electron chi connectivity index (χ3n) is 6.51. The number of aromatic amines is 1. The Labute approximate surface area is 191 Å². The molecule has 8 nitrogen and oxygen atoms in total. The van der Waals surface area contributed by atoms with Gasteiger partial charge in [-0.05, 0) is 61.8 Å². The zero-order valence-electron chi connectivity index (χ0n) is 18.9. The molecular formula is C25H28N4O4. The number of H-pyrrole nitrogens is 1. The van der Waals surface area contributed by atoms with Gasteiger partial charge in [0.1, 0.15) is 5.75 Å². The minimum absolute atomic E-state index is 0.156. The van der Waals surface area contributed by atoms with Gasteiger partial charge >= 0.3 is 5.69 Å². The van der Waals surface area contributed by atoms with Crippen LogP contribution in [0.15, 0.2) is 39.9 Å². The highest BCUT2D eigenvalue weighted by atomic mass is 16.5. The Morgan fingerprint density at radius 3 is 2.55 bits per heavy atom. The lowest BCUT2D eigenvalue weighted by Crippen LogP contribution is -2.35. The number of nitrogens with one attached hydrogen (secondary N) is 2. The SMILES string of the molecule is CCCn1c(=O)[nH]c(=O)c2c(C(=O)NC(c3ccc(OC)cc3)C3CC3)cc(C3CC3)nc21. The van der Waals surface area contributed by atoms with Crippen LogP contribution in [0.5, 0.6) is 5.75 Å². The Kier molecular flexibility index (Phi) is 5.52. The van der Waals surface area contributed by atoms with E-state index in [1.807, 2.05) is 31.2 Å². The van der Waals surface area contributed by atoms with Gasteiger partial charge in [-0.3, -0.25) is 19.1 Å². The molecule has 1 amide bonds. The van der Waals surface area contributed by atoms with Gasteiger partial charge in [-0.1, -0.05) is 19.1 Å². The van der Waals surface area contributed by atoms with Crippen LogP contribution in [0.4, 0.5) is 0 Å². The molecule has 2 aliphatic rings. The molecule has 2 fully saturated rings. The van der Waals surface area contributed by atoms with Crippen LogP contribution in [0.25, 0.3) is 11.0 Å². The molecular weight excluding hydrogens is 420 g/mol. The van der Waals surface area contributed by atoms with Gasteiger partial charge in [-0.2, -0.15) is 0 Å². The molecule has 0 saturated heterocycles. The topological polar surface area (TPSA) is 106 Å². The molecule has 2 N–H and O–H groups in total. The summed E-state index contributed by atoms with van der Waals surface area (Å²) < 4.78 is 6.73. The number of aryl methyl sites for hydroxylation is 1. The first-order chi connectivity index (χ1) is 16.0. The van der Waals surface area contributed by atoms with Gasteiger partial charge < -0.3 is 10.1 Å². The van der Waals surface area contributed by atoms with E-state index in [9.17, 15) is 14.4 Å². The minimum Gasteiger partial charge on any atom is -0.497 e. The molecule has 2 heterocycles. The third-order valence-corrected chi connectivity index (χ3v) is 6.51. The van der Waals surface area contributed by atoms with E-state index < -0.39 is 11.2 Å². The van der Waals surface area contributed by atoms with E-state index >= 15 is 0 Å². The Morgan fingerprint density at radius 2 is 1.94 bits per heavy atom. The number of hydrogen-bond acceptors (Lipinski definition) is 5. The molecule has 2 saturated carbocycles. The summed E-state index contributed by atoms with van der Waals surface area (Å²) in [6, 6.07) is 9.29. The molecule has 0 aliphatic heterocycles. The van der Waals surface area contributed by atoms with Gasteiger partial charge in [-0.25, -0.2) is 9.78 Å². The number of aromatic nitrogens is 3. The van der Waals surface area contributed by atoms with Crippen molar-refractivity contribution in [2.24, 2.45) is 5.92 Å². The van der Waals surface area contributed by atoms with Crippen molar-refractivity contribution in [2.75, 3.05) is 7.11 Å². The van der Waals surface area contributed by atoms with Crippen molar-refractivity contribution in [3.05, 3.63) is 68.0 Å². The van der Waals surface area contributed by atoms with Gasteiger partial charge in [0, 0.05) is 18.2 Å². The summed E-state index contributed by atoms with van der Waals surface area (Å²) in [5, 5.41) is 3.35. The number of nitrogens with zero attached hydrogens (tertiary/aromatic N) is 2. The lowest BCUT2D eigenvalue weighted by molar-refractivity contribution is 0.0933. The van der Waals surface area contributed by atoms with Crippen LogP contribution in [0.2, 0.25) is 0 Å². The number of ether oxygens (including phenoxy) is 1. The van der Waals surface area contributed by atoms with Crippen molar-refractivity contribution in [2.45, 2.75) is 57.5 Å². The Balaban J connectivity index is 1.59. The van der Waals surface area contributed by atoms with Crippen molar-refractivity contribution in [3.8, 4) is 5.75 Å². The summed E-state index contributed by atoms with van der Waals surface area (Å²) in [5.74, 6) is 1.07. The molecule has 1 aromatic carbocycles. The van der Waals surface area contributed by atoms with E-state index in [0.29, 0.717) is 24.5 Å². The highest BCUT2D eigenvalue weighted by Gasteiger charge is 2.35. The van der Waals surface area contributed by atoms with Crippen molar-refractivity contribution in [1.82, 2.24) is 19.9 Å². The molecule has 2 aromatic heterocycles. The second kappa shape index (κ2) is 8.50. The maximum absolute atomic E-state index is 13.6. The Morgan fingerprint density at radius 1 is 1.21 bits per heavy atom. The summed E-state index contributed by atoms with van der Waals surface area (Å²) in [6.07, 6.45) is 4.78. The van der Waals surface area contributed by atoms with Crippen LogP contribution in [0.3, 0.4) is 0 Å². The number of amides is 1. The smallest absolute Gasteiger partial charge is 0.329 e. The predicted molar refractivity (Wildman–Crippen MR) is 125 cm³/mol. The third kappa shape index (κ3) is 4.17. The number of hydrogen-bond donors (Lipinski definition) is 2. The standard InChI is InChI=1S/C25H28N4O4/c1-3-12-29-22-20(24(31)28-25(29)32)18(13-19(26-22)14-4-5-14)23(30)27-21(15-6-7-15)16-8-10-17(33-2)11-9-16/h8-11,13-15,21H,3-7,12H2,1-2H3,(H,27,30)(H,28,31,32). The van der Waals surface area contributed by atoms with Crippen molar-refractivity contribution < 1.29 is 9.53 Å². The molecule has 1 unspecified atom stereocenters. The van der Waals surface area contributed by atoms with Crippen molar-refractivity contribution >= 4 is 16.9 Å². The normalized spacial score (nSPS) is 16.5. The highest BCUT2D eigenvalue weighted by molar-refractivity contribution is 6.05. The second-order valence-electron chi connectivity index (χ2n) is 9.04. The summed E-state index contributed by atoms with van der Waals surface area (Å²) in [5.41, 5.74) is 1.30. The van der Waals surface area contributed by atoms with Gasteiger partial charge in [0.2, 0.25) is 0 Å². The fourth-order valence-corrected chi connectivity index (χ4v) is 4.42. The molecule has 8 heteroatoms. The first-order valence-electron chi connectivity index (χ1n) is 11.6. The summed E-state index contributed by atoms with van der Waals surface area (Å²) in [4.78, 5) is 46.0. The van der Waals surface area contributed by atoms with Crippen LogP contribution < -0.4 is 21.3 Å². The van der Waals surface area contributed by atoms with Crippen LogP contribution >= 0.6 is 0 Å². The molecule has 0 bridgehead atoms. The summed E-state index contributed by atoms with van der Waals surface area (Å²) >= 11 is 0. The maximum atomic E-state index is 13.6. The fraction of sp³-hybridized carbons (Fsp3) is 0.440. The quantitative estimate of drug-likeness (QED) is 0.550. The maximum Gasteiger partial charge on any atom is 0.329 e. The zero-order chi connectivity index (χ0) is 23.1. The number of carbonyl (C=O) groups is 1. The first-order valence-corrected chi connectivity index (χ1v) is 11.6. The van der Waals surface area contributed by atoms with E-state index in [4.69, 9.17) is 4.74 Å². The monoisotopic (exact) mass is 448 g/mol. The van der Waals surface area contributed by atoms with Crippen LogP contribution in [0.1, 0.15) is 72.6 Å². The van der Waals surface area contributed by atoms with Gasteiger partial charge in [-0.15, -0.1) is 0 Å². The largest absolute Gasteiger partial charge is 0.497 e. The van der Waals surface area contributed by atoms with E-state index in [1.54, 1.807) is 13.2 Å². The summed E-state index contributed by atoms with van der Waals surface area (Å²) in [6.45, 7) is 2.38. The predicted octanol–water partition coefficient (Wildman–Crippen LogP) is 3.26. The molecule has 2 aliphatic carbocycles. The Bertz CT molecular complexity index is 1320. The fourth-order valence-electron chi connectivity index (χ4n) is 4.42. The number of fused-ring (bicyclic) bond motifs is 1. The molecule has 0 radical (unpaired) electrons. The van der Waals surface area contributed by atoms with Crippen LogP contribution in [-0.2, 0) is 6.54 Å². The molecule has 3 aromatic rings. The van der Waals surface area contributed by atoms with Crippen molar-refractivity contribution in [1.29, 1.82) is 0 Å². The van der Waals surface area contributed by atoms with Crippen molar-refractivity contribution in [3.63, 3.8) is 0 Å². The minimum atomic E-state index is -0.574. The molecule has 1 atom stereocenters. The van der Waals surface area contributed by atoms with Gasteiger partial charge in [0.15, 0.2) is 5.65 Å². The second-order valence-corrected chi connectivity index (χ2v) is 9.04. The first kappa shape index (κ1) is 21.4. The molecule has 33 heavy (non-hydrogen) atoms. The summed E-state index contributed by atoms with van der Waals surface area (Å²) in [7, 11) is 1.62. The average molecular weight is 449 g/mol. The number of pyridine rings is 1. The lowest BCUT2D eigenvalue weighted by Gasteiger charge is -2.20. The van der Waals surface area contributed by atoms with Crippen LogP contribution in [-0.4, -0.2) is 27.6 Å². The number of carbonyl (C=O) groups excluding carboxylic acids is 1. The van der Waals surface area contributed by atoms with E-state index in [0.717, 1.165) is 42.7 Å². The van der Waals surface area contributed by atoms with Gasteiger partial charge in [0.25, 0.3) is 11.5 Å². The number of benzene rings is 1. The van der Waals surface area contributed by atoms with E-state index in [2.05, 4.69) is 15.3 Å². The highest BCUT2D eigenvalue weighted by Crippen LogP contribution is 2.42. The lowest BCUT2D eigenvalue weighted by atomic mass is 10.0. The molecule has 5 rings (SSSR count).